The van der Waals surface area contributed by atoms with Crippen LogP contribution in [0.25, 0.3) is 0 Å². The summed E-state index contributed by atoms with van der Waals surface area (Å²) in [5.41, 5.74) is 0.540. The van der Waals surface area contributed by atoms with E-state index >= 15 is 0 Å². The molecule has 132 valence electrons. The van der Waals surface area contributed by atoms with Gasteiger partial charge in [-0.25, -0.2) is 4.39 Å². The number of nitrogens with zero attached hydrogens (tertiary/aromatic N) is 2. The standard InChI is InChI=1S/C18H19FN2O3S/c1-20(10-14-7-4-8-25-14)18(23)17-16(21(2)15(22)11-24-17)12-5-3-6-13(19)9-12/h3-9,16-17H,10-11H2,1-2H3/t16-,17+/m1/s1. The van der Waals surface area contributed by atoms with Gasteiger partial charge in [-0.05, 0) is 29.1 Å². The third kappa shape index (κ3) is 3.72. The lowest BCUT2D eigenvalue weighted by Gasteiger charge is -2.39. The molecule has 0 bridgehead atoms. The number of hydrogen-bond acceptors (Lipinski definition) is 4. The molecule has 1 aromatic heterocycles. The minimum atomic E-state index is -0.866. The fourth-order valence-electron chi connectivity index (χ4n) is 2.94. The molecule has 0 unspecified atom stereocenters. The number of likely N-dealkylation sites (N-methyl/N-ethyl adjacent to an activating group) is 2. The van der Waals surface area contributed by atoms with Crippen LogP contribution in [-0.2, 0) is 20.9 Å². The molecule has 1 saturated heterocycles. The van der Waals surface area contributed by atoms with Crippen molar-refractivity contribution in [1.29, 1.82) is 0 Å². The molecule has 1 aliphatic heterocycles. The highest BCUT2D eigenvalue weighted by Crippen LogP contribution is 2.30. The second-order valence-corrected chi connectivity index (χ2v) is 7.04. The van der Waals surface area contributed by atoms with Crippen molar-refractivity contribution in [3.05, 3.63) is 58.0 Å². The fraction of sp³-hybridized carbons (Fsp3) is 0.333. The molecular weight excluding hydrogens is 343 g/mol. The van der Waals surface area contributed by atoms with Crippen LogP contribution in [-0.4, -0.2) is 48.4 Å². The number of amides is 2. The van der Waals surface area contributed by atoms with Gasteiger partial charge < -0.3 is 14.5 Å². The first-order valence-electron chi connectivity index (χ1n) is 7.87. The number of thiophene rings is 1. The Morgan fingerprint density at radius 2 is 2.20 bits per heavy atom. The van der Waals surface area contributed by atoms with Gasteiger partial charge in [0.25, 0.3) is 5.91 Å². The number of carbonyl (C=O) groups excluding carboxylic acids is 2. The maximum atomic E-state index is 13.6. The Kier molecular flexibility index (Phi) is 5.15. The zero-order valence-electron chi connectivity index (χ0n) is 14.0. The summed E-state index contributed by atoms with van der Waals surface area (Å²) in [7, 11) is 3.31. The fourth-order valence-corrected chi connectivity index (χ4v) is 3.70. The third-order valence-electron chi connectivity index (χ3n) is 4.27. The van der Waals surface area contributed by atoms with Crippen molar-refractivity contribution in [2.45, 2.75) is 18.7 Å². The average molecular weight is 362 g/mol. The Bertz CT molecular complexity index is 765. The highest BCUT2D eigenvalue weighted by atomic mass is 32.1. The van der Waals surface area contributed by atoms with E-state index in [1.807, 2.05) is 17.5 Å². The van der Waals surface area contributed by atoms with Gasteiger partial charge in [-0.3, -0.25) is 9.59 Å². The van der Waals surface area contributed by atoms with Crippen LogP contribution >= 0.6 is 11.3 Å². The Balaban J connectivity index is 1.86. The van der Waals surface area contributed by atoms with Crippen LogP contribution in [0.4, 0.5) is 4.39 Å². The van der Waals surface area contributed by atoms with Gasteiger partial charge in [-0.1, -0.05) is 18.2 Å². The molecule has 7 heteroatoms. The van der Waals surface area contributed by atoms with E-state index in [1.54, 1.807) is 42.5 Å². The molecule has 0 saturated carbocycles. The number of rotatable bonds is 4. The first kappa shape index (κ1) is 17.6. The van der Waals surface area contributed by atoms with E-state index < -0.39 is 18.0 Å². The Labute approximate surface area is 149 Å². The van der Waals surface area contributed by atoms with Crippen molar-refractivity contribution in [3.8, 4) is 0 Å². The predicted octanol–water partition coefficient (Wildman–Crippen LogP) is 2.44. The summed E-state index contributed by atoms with van der Waals surface area (Å²) in [5, 5.41) is 1.95. The van der Waals surface area contributed by atoms with E-state index in [2.05, 4.69) is 0 Å². The molecule has 0 N–H and O–H groups in total. The number of hydrogen-bond donors (Lipinski definition) is 0. The quantitative estimate of drug-likeness (QED) is 0.839. The second kappa shape index (κ2) is 7.33. The molecule has 0 aliphatic carbocycles. The maximum Gasteiger partial charge on any atom is 0.254 e. The molecule has 5 nitrogen and oxygen atoms in total. The first-order chi connectivity index (χ1) is 12.0. The van der Waals surface area contributed by atoms with Gasteiger partial charge in [0.1, 0.15) is 12.4 Å². The number of benzene rings is 1. The minimum Gasteiger partial charge on any atom is -0.356 e. The summed E-state index contributed by atoms with van der Waals surface area (Å²) in [6, 6.07) is 9.15. The summed E-state index contributed by atoms with van der Waals surface area (Å²) in [6.07, 6.45) is -0.866. The summed E-state index contributed by atoms with van der Waals surface area (Å²) >= 11 is 1.57. The van der Waals surface area contributed by atoms with E-state index in [1.165, 1.54) is 17.0 Å². The van der Waals surface area contributed by atoms with Gasteiger partial charge in [0, 0.05) is 19.0 Å². The largest absolute Gasteiger partial charge is 0.356 e. The second-order valence-electron chi connectivity index (χ2n) is 6.01. The molecule has 2 aromatic rings. The smallest absolute Gasteiger partial charge is 0.254 e. The first-order valence-corrected chi connectivity index (χ1v) is 8.75. The zero-order valence-corrected chi connectivity index (χ0v) is 14.8. The van der Waals surface area contributed by atoms with Crippen LogP contribution in [0.15, 0.2) is 41.8 Å². The van der Waals surface area contributed by atoms with Crippen LogP contribution in [0, 0.1) is 5.82 Å². The number of halogens is 1. The summed E-state index contributed by atoms with van der Waals surface area (Å²) in [6.45, 7) is 0.301. The topological polar surface area (TPSA) is 49.9 Å². The van der Waals surface area contributed by atoms with Crippen molar-refractivity contribution < 1.29 is 18.7 Å². The van der Waals surface area contributed by atoms with Crippen molar-refractivity contribution in [3.63, 3.8) is 0 Å². The molecule has 1 aromatic carbocycles. The zero-order chi connectivity index (χ0) is 18.0. The van der Waals surface area contributed by atoms with Gasteiger partial charge in [0.15, 0.2) is 6.10 Å². The summed E-state index contributed by atoms with van der Waals surface area (Å²) in [4.78, 5) is 29.0. The molecule has 1 aliphatic rings. The molecule has 2 amide bonds. The van der Waals surface area contributed by atoms with Gasteiger partial charge in [-0.2, -0.15) is 0 Å². The van der Waals surface area contributed by atoms with Gasteiger partial charge >= 0.3 is 0 Å². The van der Waals surface area contributed by atoms with E-state index in [0.717, 1.165) is 4.88 Å². The molecule has 1 fully saturated rings. The van der Waals surface area contributed by atoms with E-state index in [0.29, 0.717) is 12.1 Å². The van der Waals surface area contributed by atoms with Gasteiger partial charge in [0.2, 0.25) is 5.91 Å². The van der Waals surface area contributed by atoms with Crippen LogP contribution in [0.2, 0.25) is 0 Å². The molecule has 3 rings (SSSR count). The molecule has 2 atom stereocenters. The Morgan fingerprint density at radius 3 is 2.88 bits per heavy atom. The van der Waals surface area contributed by atoms with E-state index in [9.17, 15) is 14.0 Å². The average Bonchev–Trinajstić information content (AvgIpc) is 3.09. The lowest BCUT2D eigenvalue weighted by atomic mass is 9.97. The maximum absolute atomic E-state index is 13.6. The highest BCUT2D eigenvalue weighted by molar-refractivity contribution is 7.09. The van der Waals surface area contributed by atoms with E-state index in [-0.39, 0.29) is 18.4 Å². The molecule has 0 spiro atoms. The lowest BCUT2D eigenvalue weighted by molar-refractivity contribution is -0.167. The number of morpholine rings is 1. The normalized spacial score (nSPS) is 20.6. The SMILES string of the molecule is CN(Cc1cccs1)C(=O)[C@H]1OCC(=O)N(C)[C@@H]1c1cccc(F)c1. The molecule has 0 radical (unpaired) electrons. The van der Waals surface area contributed by atoms with Crippen LogP contribution < -0.4 is 0 Å². The minimum absolute atomic E-state index is 0.161. The van der Waals surface area contributed by atoms with Crippen LogP contribution in [0.3, 0.4) is 0 Å². The molecule has 2 heterocycles. The lowest BCUT2D eigenvalue weighted by Crippen LogP contribution is -2.53. The van der Waals surface area contributed by atoms with Gasteiger partial charge in [0.05, 0.1) is 12.6 Å². The Hall–Kier alpha value is -2.25. The Morgan fingerprint density at radius 1 is 1.40 bits per heavy atom. The predicted molar refractivity (Wildman–Crippen MR) is 92.4 cm³/mol. The van der Waals surface area contributed by atoms with E-state index in [4.69, 9.17) is 4.74 Å². The third-order valence-corrected chi connectivity index (χ3v) is 5.13. The number of ether oxygens (including phenoxy) is 1. The van der Waals surface area contributed by atoms with Crippen LogP contribution in [0.1, 0.15) is 16.5 Å². The van der Waals surface area contributed by atoms with Crippen molar-refractivity contribution in [1.82, 2.24) is 9.80 Å². The van der Waals surface area contributed by atoms with Crippen molar-refractivity contribution >= 4 is 23.2 Å². The summed E-state index contributed by atoms with van der Waals surface area (Å²) in [5.74, 6) is -0.886. The van der Waals surface area contributed by atoms with Gasteiger partial charge in [-0.15, -0.1) is 11.3 Å². The molecule has 25 heavy (non-hydrogen) atoms. The van der Waals surface area contributed by atoms with Crippen molar-refractivity contribution in [2.24, 2.45) is 0 Å². The van der Waals surface area contributed by atoms with Crippen molar-refractivity contribution in [2.75, 3.05) is 20.7 Å². The summed E-state index contributed by atoms with van der Waals surface area (Å²) < 4.78 is 19.2. The highest BCUT2D eigenvalue weighted by Gasteiger charge is 2.41. The van der Waals surface area contributed by atoms with Crippen LogP contribution in [0.5, 0.6) is 0 Å². The molecular formula is C18H19FN2O3S. The monoisotopic (exact) mass is 362 g/mol. The number of carbonyl (C=O) groups is 2.